The molecule has 0 aliphatic carbocycles. The standard InChI is InChI=1S/C17H30N2O3.2ClH/c1-18-14-5-6-15(18)13-16(12-14)22-17(20)4-2-3-7-19-8-10-21-11-9-19;;/h14-16H,2-13H2,1H3;2*1H/t14-,15+,16?;;. The van der Waals surface area contributed by atoms with Gasteiger partial charge in [0, 0.05) is 31.6 Å². The molecular formula is C17H32Cl2N2O3. The summed E-state index contributed by atoms with van der Waals surface area (Å²) in [6.07, 6.45) is 7.37. The lowest BCUT2D eigenvalue weighted by Crippen LogP contribution is -2.43. The van der Waals surface area contributed by atoms with Crippen LogP contribution in [-0.4, -0.2) is 73.9 Å². The Morgan fingerprint density at radius 2 is 1.71 bits per heavy atom. The summed E-state index contributed by atoms with van der Waals surface area (Å²) in [7, 11) is 2.21. The van der Waals surface area contributed by atoms with E-state index in [9.17, 15) is 4.79 Å². The van der Waals surface area contributed by atoms with Gasteiger partial charge in [0.25, 0.3) is 0 Å². The van der Waals surface area contributed by atoms with Crippen molar-refractivity contribution in [2.45, 2.75) is 63.1 Å². The van der Waals surface area contributed by atoms with Crippen LogP contribution in [0, 0.1) is 0 Å². The van der Waals surface area contributed by atoms with Crippen LogP contribution in [0.1, 0.15) is 44.9 Å². The van der Waals surface area contributed by atoms with Gasteiger partial charge in [0.15, 0.2) is 0 Å². The average Bonchev–Trinajstić information content (AvgIpc) is 2.75. The number of rotatable bonds is 6. The topological polar surface area (TPSA) is 42.0 Å². The highest BCUT2D eigenvalue weighted by Gasteiger charge is 2.39. The first kappa shape index (κ1) is 22.0. The minimum atomic E-state index is 0. The van der Waals surface area contributed by atoms with E-state index in [0.717, 1.165) is 58.5 Å². The maximum Gasteiger partial charge on any atom is 0.306 e. The molecule has 1 unspecified atom stereocenters. The fourth-order valence-corrected chi connectivity index (χ4v) is 4.13. The van der Waals surface area contributed by atoms with Gasteiger partial charge in [-0.25, -0.2) is 0 Å². The Morgan fingerprint density at radius 3 is 2.33 bits per heavy atom. The van der Waals surface area contributed by atoms with Crippen molar-refractivity contribution in [1.29, 1.82) is 0 Å². The van der Waals surface area contributed by atoms with Crippen LogP contribution < -0.4 is 0 Å². The van der Waals surface area contributed by atoms with Gasteiger partial charge in [-0.1, -0.05) is 0 Å². The van der Waals surface area contributed by atoms with E-state index < -0.39 is 0 Å². The SMILES string of the molecule is CN1[C@@H]2CC[C@H]1CC(OC(=O)CCCCN1CCOCC1)C2.Cl.Cl. The molecule has 0 aromatic heterocycles. The number of hydrogen-bond donors (Lipinski definition) is 0. The third-order valence-electron chi connectivity index (χ3n) is 5.56. The van der Waals surface area contributed by atoms with Gasteiger partial charge in [0.05, 0.1) is 13.2 Å². The highest BCUT2D eigenvalue weighted by Crippen LogP contribution is 2.35. The van der Waals surface area contributed by atoms with Gasteiger partial charge in [-0.3, -0.25) is 9.69 Å². The largest absolute Gasteiger partial charge is 0.462 e. The van der Waals surface area contributed by atoms with Crippen LogP contribution in [0.4, 0.5) is 0 Å². The number of carbonyl (C=O) groups excluding carboxylic acids is 1. The molecular weight excluding hydrogens is 351 g/mol. The average molecular weight is 383 g/mol. The number of esters is 1. The van der Waals surface area contributed by atoms with Gasteiger partial charge in [-0.2, -0.15) is 0 Å². The summed E-state index contributed by atoms with van der Waals surface area (Å²) in [5, 5.41) is 0. The molecule has 0 radical (unpaired) electrons. The number of unbranched alkanes of at least 4 members (excludes halogenated alkanes) is 1. The molecule has 0 saturated carbocycles. The van der Waals surface area contributed by atoms with Crippen LogP contribution in [0.5, 0.6) is 0 Å². The van der Waals surface area contributed by atoms with Crippen molar-refractivity contribution in [3.63, 3.8) is 0 Å². The highest BCUT2D eigenvalue weighted by molar-refractivity contribution is 5.85. The Kier molecular flexibility index (Phi) is 9.90. The number of carbonyl (C=O) groups is 1. The first-order valence-electron chi connectivity index (χ1n) is 8.94. The molecule has 7 heteroatoms. The van der Waals surface area contributed by atoms with Crippen LogP contribution >= 0.6 is 24.8 Å². The van der Waals surface area contributed by atoms with Crippen LogP contribution in [0.15, 0.2) is 0 Å². The molecule has 3 heterocycles. The molecule has 5 nitrogen and oxygen atoms in total. The zero-order valence-corrected chi connectivity index (χ0v) is 16.3. The molecule has 142 valence electrons. The number of ether oxygens (including phenoxy) is 2. The van der Waals surface area contributed by atoms with E-state index in [4.69, 9.17) is 9.47 Å². The number of halogens is 2. The molecule has 0 aromatic rings. The molecule has 3 aliphatic rings. The minimum Gasteiger partial charge on any atom is -0.462 e. The molecule has 24 heavy (non-hydrogen) atoms. The molecule has 0 aromatic carbocycles. The molecule has 0 spiro atoms. The van der Waals surface area contributed by atoms with Crippen LogP contribution in [0.25, 0.3) is 0 Å². The lowest BCUT2D eigenvalue weighted by Gasteiger charge is -2.35. The number of morpholine rings is 1. The summed E-state index contributed by atoms with van der Waals surface area (Å²) in [4.78, 5) is 16.9. The van der Waals surface area contributed by atoms with Crippen molar-refractivity contribution in [1.82, 2.24) is 9.80 Å². The highest BCUT2D eigenvalue weighted by atomic mass is 35.5. The van der Waals surface area contributed by atoms with Crippen molar-refractivity contribution in [3.05, 3.63) is 0 Å². The summed E-state index contributed by atoms with van der Waals surface area (Å²) in [5.74, 6) is 0.0101. The number of hydrogen-bond acceptors (Lipinski definition) is 5. The lowest BCUT2D eigenvalue weighted by molar-refractivity contribution is -0.152. The van der Waals surface area contributed by atoms with E-state index in [-0.39, 0.29) is 36.9 Å². The van der Waals surface area contributed by atoms with Gasteiger partial charge in [-0.15, -0.1) is 24.8 Å². The van der Waals surface area contributed by atoms with Gasteiger partial charge < -0.3 is 14.4 Å². The van der Waals surface area contributed by atoms with E-state index in [2.05, 4.69) is 16.8 Å². The number of fused-ring (bicyclic) bond motifs is 2. The second-order valence-electron chi connectivity index (χ2n) is 7.04. The van der Waals surface area contributed by atoms with E-state index >= 15 is 0 Å². The first-order chi connectivity index (χ1) is 10.7. The fraction of sp³-hybridized carbons (Fsp3) is 0.941. The number of piperidine rings is 1. The molecule has 3 rings (SSSR count). The van der Waals surface area contributed by atoms with Gasteiger partial charge in [-0.05, 0) is 52.1 Å². The molecule has 3 saturated heterocycles. The predicted molar refractivity (Wildman–Crippen MR) is 99.3 cm³/mol. The maximum absolute atomic E-state index is 12.0. The van der Waals surface area contributed by atoms with Crippen molar-refractivity contribution in [2.75, 3.05) is 39.9 Å². The molecule has 0 amide bonds. The lowest BCUT2D eigenvalue weighted by atomic mass is 10.0. The first-order valence-corrected chi connectivity index (χ1v) is 8.94. The fourth-order valence-electron chi connectivity index (χ4n) is 4.13. The Bertz CT molecular complexity index is 367. The van der Waals surface area contributed by atoms with Crippen molar-refractivity contribution < 1.29 is 14.3 Å². The molecule has 2 bridgehead atoms. The Labute approximate surface area is 158 Å². The summed E-state index contributed by atoms with van der Waals surface area (Å²) < 4.78 is 11.1. The van der Waals surface area contributed by atoms with E-state index in [1.54, 1.807) is 0 Å². The third-order valence-corrected chi connectivity index (χ3v) is 5.56. The Morgan fingerprint density at radius 1 is 1.08 bits per heavy atom. The monoisotopic (exact) mass is 382 g/mol. The van der Waals surface area contributed by atoms with Crippen LogP contribution in [-0.2, 0) is 14.3 Å². The minimum absolute atomic E-state index is 0. The summed E-state index contributed by atoms with van der Waals surface area (Å²) in [5.41, 5.74) is 0. The van der Waals surface area contributed by atoms with Gasteiger partial charge >= 0.3 is 5.97 Å². The molecule has 3 aliphatic heterocycles. The van der Waals surface area contributed by atoms with Crippen LogP contribution in [0.2, 0.25) is 0 Å². The molecule has 3 fully saturated rings. The zero-order chi connectivity index (χ0) is 15.4. The maximum atomic E-state index is 12.0. The molecule has 0 N–H and O–H groups in total. The second-order valence-corrected chi connectivity index (χ2v) is 7.04. The Hall–Kier alpha value is -0.0700. The zero-order valence-electron chi connectivity index (χ0n) is 14.7. The normalized spacial score (nSPS) is 30.3. The van der Waals surface area contributed by atoms with Crippen molar-refractivity contribution in [3.8, 4) is 0 Å². The summed E-state index contributed by atoms with van der Waals surface area (Å²) in [6.45, 7) is 4.83. The van der Waals surface area contributed by atoms with Gasteiger partial charge in [0.2, 0.25) is 0 Å². The Balaban J connectivity index is 0.00000144. The van der Waals surface area contributed by atoms with Gasteiger partial charge in [0.1, 0.15) is 6.10 Å². The summed E-state index contributed by atoms with van der Waals surface area (Å²) >= 11 is 0. The van der Waals surface area contributed by atoms with E-state index in [1.165, 1.54) is 12.8 Å². The quantitative estimate of drug-likeness (QED) is 0.521. The summed E-state index contributed by atoms with van der Waals surface area (Å²) in [6, 6.07) is 1.27. The van der Waals surface area contributed by atoms with Crippen LogP contribution in [0.3, 0.4) is 0 Å². The predicted octanol–water partition coefficient (Wildman–Crippen LogP) is 2.50. The number of nitrogens with zero attached hydrogens (tertiary/aromatic N) is 2. The molecule has 3 atom stereocenters. The van der Waals surface area contributed by atoms with Crippen molar-refractivity contribution >= 4 is 30.8 Å². The third kappa shape index (κ3) is 6.03. The van der Waals surface area contributed by atoms with Crippen molar-refractivity contribution in [2.24, 2.45) is 0 Å². The van der Waals surface area contributed by atoms with E-state index in [1.807, 2.05) is 0 Å². The second kappa shape index (κ2) is 10.8. The van der Waals surface area contributed by atoms with E-state index in [0.29, 0.717) is 18.5 Å². The smallest absolute Gasteiger partial charge is 0.306 e.